The van der Waals surface area contributed by atoms with Crippen molar-refractivity contribution in [1.29, 1.82) is 0 Å². The van der Waals surface area contributed by atoms with Gasteiger partial charge in [-0.3, -0.25) is 9.78 Å². The van der Waals surface area contributed by atoms with Crippen molar-refractivity contribution in [2.75, 3.05) is 17.3 Å². The number of carbonyl (C=O) groups excluding carboxylic acids is 1. The molecule has 21 heavy (non-hydrogen) atoms. The smallest absolute Gasteiger partial charge is 0.398 e. The molecule has 1 aliphatic heterocycles. The topological polar surface area (TPSA) is 60.5 Å². The van der Waals surface area contributed by atoms with Gasteiger partial charge in [-0.05, 0) is 46.1 Å². The fourth-order valence-electron chi connectivity index (χ4n) is 1.95. The van der Waals surface area contributed by atoms with E-state index in [2.05, 4.69) is 10.3 Å². The average molecular weight is 308 g/mol. The quantitative estimate of drug-likeness (QED) is 0.858. The normalized spacial score (nSPS) is 19.6. The molecule has 1 aromatic heterocycles. The summed E-state index contributed by atoms with van der Waals surface area (Å²) in [4.78, 5) is 15.9. The highest BCUT2D eigenvalue weighted by molar-refractivity contribution is 7.99. The predicted molar refractivity (Wildman–Crippen MR) is 87.0 cm³/mol. The molecule has 1 aromatic rings. The summed E-state index contributed by atoms with van der Waals surface area (Å²) in [7, 11) is -0.521. The Balaban J connectivity index is 2.14. The number of aromatic nitrogens is 1. The van der Waals surface area contributed by atoms with Crippen molar-refractivity contribution in [3.8, 4) is 0 Å². The number of carbonyl (C=O) groups is 1. The van der Waals surface area contributed by atoms with Gasteiger partial charge in [-0.1, -0.05) is 0 Å². The van der Waals surface area contributed by atoms with E-state index < -0.39 is 18.3 Å². The van der Waals surface area contributed by atoms with Crippen molar-refractivity contribution in [3.63, 3.8) is 0 Å². The van der Waals surface area contributed by atoms with Gasteiger partial charge in [0.15, 0.2) is 0 Å². The van der Waals surface area contributed by atoms with Crippen molar-refractivity contribution in [2.45, 2.75) is 38.9 Å². The van der Waals surface area contributed by atoms with Crippen LogP contribution in [-0.4, -0.2) is 41.2 Å². The van der Waals surface area contributed by atoms with Gasteiger partial charge in [-0.25, -0.2) is 0 Å². The lowest BCUT2D eigenvalue weighted by atomic mass is 9.84. The fraction of sp³-hybridized carbons (Fsp3) is 0.571. The highest BCUT2D eigenvalue weighted by Gasteiger charge is 2.52. The van der Waals surface area contributed by atoms with Crippen molar-refractivity contribution >= 4 is 36.1 Å². The minimum absolute atomic E-state index is 0.0337. The first kappa shape index (κ1) is 16.3. The Kier molecular flexibility index (Phi) is 4.65. The molecule has 0 spiro atoms. The number of anilines is 1. The first-order valence-corrected chi connectivity index (χ1v) is 8.25. The van der Waals surface area contributed by atoms with Crippen LogP contribution in [0.4, 0.5) is 5.69 Å². The van der Waals surface area contributed by atoms with E-state index in [4.69, 9.17) is 9.31 Å². The van der Waals surface area contributed by atoms with Gasteiger partial charge in [0.25, 0.3) is 0 Å². The van der Waals surface area contributed by atoms with Crippen LogP contribution in [0.3, 0.4) is 0 Å². The minimum atomic E-state index is -0.521. The Labute approximate surface area is 130 Å². The molecule has 0 aromatic carbocycles. The molecule has 0 saturated carbocycles. The predicted octanol–water partition coefficient (Wildman–Crippen LogP) is 1.68. The molecular formula is C14H21BN2O3S. The van der Waals surface area contributed by atoms with Crippen LogP contribution < -0.4 is 10.9 Å². The monoisotopic (exact) mass is 308 g/mol. The molecule has 1 amide bonds. The Hall–Kier alpha value is -1.05. The van der Waals surface area contributed by atoms with Gasteiger partial charge in [0.1, 0.15) is 0 Å². The number of nitrogens with one attached hydrogen (secondary N) is 1. The van der Waals surface area contributed by atoms with E-state index in [1.807, 2.05) is 34.0 Å². The van der Waals surface area contributed by atoms with Crippen molar-refractivity contribution in [2.24, 2.45) is 0 Å². The molecule has 1 aliphatic rings. The van der Waals surface area contributed by atoms with Crippen LogP contribution in [0.15, 0.2) is 18.3 Å². The largest absolute Gasteiger partial charge is 0.514 e. The summed E-state index contributed by atoms with van der Waals surface area (Å²) >= 11 is 1.48. The molecule has 7 heteroatoms. The van der Waals surface area contributed by atoms with Crippen LogP contribution in [0, 0.1) is 0 Å². The van der Waals surface area contributed by atoms with Gasteiger partial charge >= 0.3 is 7.12 Å². The van der Waals surface area contributed by atoms with Gasteiger partial charge < -0.3 is 14.6 Å². The lowest BCUT2D eigenvalue weighted by Crippen LogP contribution is -2.41. The van der Waals surface area contributed by atoms with E-state index in [0.717, 1.165) is 0 Å². The van der Waals surface area contributed by atoms with Crippen LogP contribution in [-0.2, 0) is 14.1 Å². The van der Waals surface area contributed by atoms with E-state index >= 15 is 0 Å². The van der Waals surface area contributed by atoms with Gasteiger partial charge in [0, 0.05) is 11.9 Å². The van der Waals surface area contributed by atoms with Gasteiger partial charge in [0.2, 0.25) is 5.91 Å². The summed E-state index contributed by atoms with van der Waals surface area (Å²) in [6.07, 6.45) is 3.54. The number of hydrogen-bond donors (Lipinski definition) is 1. The second-order valence-electron chi connectivity index (χ2n) is 6.04. The van der Waals surface area contributed by atoms with Crippen molar-refractivity contribution in [3.05, 3.63) is 18.3 Å². The molecule has 2 heterocycles. The fourth-order valence-corrected chi connectivity index (χ4v) is 2.28. The zero-order chi connectivity index (χ0) is 15.7. The molecule has 0 unspecified atom stereocenters. The lowest BCUT2D eigenvalue weighted by molar-refractivity contribution is -0.113. The Morgan fingerprint density at radius 1 is 1.33 bits per heavy atom. The highest BCUT2D eigenvalue weighted by atomic mass is 32.2. The Morgan fingerprint density at radius 3 is 2.52 bits per heavy atom. The number of hydrogen-bond acceptors (Lipinski definition) is 5. The molecule has 114 valence electrons. The number of nitrogens with zero attached hydrogens (tertiary/aromatic N) is 1. The van der Waals surface area contributed by atoms with E-state index in [0.29, 0.717) is 17.0 Å². The molecule has 0 atom stereocenters. The zero-order valence-electron chi connectivity index (χ0n) is 13.1. The van der Waals surface area contributed by atoms with Gasteiger partial charge in [-0.2, -0.15) is 11.8 Å². The summed E-state index contributed by atoms with van der Waals surface area (Å²) in [5.74, 6) is 0.391. The van der Waals surface area contributed by atoms with Crippen LogP contribution >= 0.6 is 11.8 Å². The number of rotatable bonds is 4. The third kappa shape index (κ3) is 3.59. The maximum Gasteiger partial charge on any atom is 0.514 e. The summed E-state index contributed by atoms with van der Waals surface area (Å²) in [6.45, 7) is 7.99. The second kappa shape index (κ2) is 5.98. The highest BCUT2D eigenvalue weighted by Crippen LogP contribution is 2.36. The van der Waals surface area contributed by atoms with Crippen LogP contribution in [0.5, 0.6) is 0 Å². The minimum Gasteiger partial charge on any atom is -0.398 e. The maximum absolute atomic E-state index is 11.6. The van der Waals surface area contributed by atoms with E-state index in [-0.39, 0.29) is 5.91 Å². The second-order valence-corrected chi connectivity index (χ2v) is 6.90. The average Bonchev–Trinajstić information content (AvgIpc) is 2.59. The van der Waals surface area contributed by atoms with E-state index in [9.17, 15) is 4.79 Å². The molecule has 1 saturated heterocycles. The molecule has 0 radical (unpaired) electrons. The van der Waals surface area contributed by atoms with Crippen LogP contribution in [0.2, 0.25) is 0 Å². The molecule has 2 rings (SSSR count). The standard InChI is InChI=1S/C14H21BN2O3S/c1-13(2)14(3,4)20-15(19-13)11-8-10(6-7-16-11)17-12(18)9-21-5/h6-8H,9H2,1-5H3,(H,16,17,18). The van der Waals surface area contributed by atoms with Crippen molar-refractivity contribution < 1.29 is 14.1 Å². The summed E-state index contributed by atoms with van der Waals surface area (Å²) in [5, 5.41) is 2.84. The molecule has 5 nitrogen and oxygen atoms in total. The van der Waals surface area contributed by atoms with Crippen molar-refractivity contribution in [1.82, 2.24) is 4.98 Å². The first-order chi connectivity index (χ1) is 9.75. The third-order valence-electron chi connectivity index (χ3n) is 3.84. The Bertz CT molecular complexity index is 521. The van der Waals surface area contributed by atoms with Crippen LogP contribution in [0.1, 0.15) is 27.7 Å². The summed E-state index contributed by atoms with van der Waals surface area (Å²) in [5.41, 5.74) is 0.555. The lowest BCUT2D eigenvalue weighted by Gasteiger charge is -2.32. The zero-order valence-corrected chi connectivity index (χ0v) is 13.9. The van der Waals surface area contributed by atoms with Crippen LogP contribution in [0.25, 0.3) is 0 Å². The molecule has 1 fully saturated rings. The summed E-state index contributed by atoms with van der Waals surface area (Å²) in [6, 6.07) is 3.55. The van der Waals surface area contributed by atoms with Gasteiger partial charge in [-0.15, -0.1) is 0 Å². The molecule has 1 N–H and O–H groups in total. The number of thioether (sulfide) groups is 1. The number of pyridine rings is 1. The number of amides is 1. The first-order valence-electron chi connectivity index (χ1n) is 6.85. The maximum atomic E-state index is 11.6. The van der Waals surface area contributed by atoms with Gasteiger partial charge in [0.05, 0.1) is 22.5 Å². The molecule has 0 aliphatic carbocycles. The summed E-state index contributed by atoms with van der Waals surface area (Å²) < 4.78 is 11.9. The Morgan fingerprint density at radius 2 is 1.95 bits per heavy atom. The van der Waals surface area contributed by atoms with E-state index in [1.54, 1.807) is 18.3 Å². The third-order valence-corrected chi connectivity index (χ3v) is 4.39. The molecular weight excluding hydrogens is 287 g/mol. The van der Waals surface area contributed by atoms with E-state index in [1.165, 1.54) is 11.8 Å². The SMILES string of the molecule is CSCC(=O)Nc1ccnc(B2OC(C)(C)C(C)(C)O2)c1. The molecule has 0 bridgehead atoms.